The van der Waals surface area contributed by atoms with Crippen molar-refractivity contribution in [2.75, 3.05) is 5.75 Å². The third-order valence-electron chi connectivity index (χ3n) is 1.83. The van der Waals surface area contributed by atoms with Crippen LogP contribution in [0.4, 0.5) is 4.39 Å². The number of hydrogen-bond acceptors (Lipinski definition) is 3. The summed E-state index contributed by atoms with van der Waals surface area (Å²) in [6.45, 7) is 0. The third kappa shape index (κ3) is 3.89. The Hall–Kier alpha value is -1.07. The van der Waals surface area contributed by atoms with Crippen LogP contribution in [-0.2, 0) is 10.5 Å². The van der Waals surface area contributed by atoms with Gasteiger partial charge in [0, 0.05) is 11.5 Å². The van der Waals surface area contributed by atoms with Crippen LogP contribution in [0.2, 0.25) is 0 Å². The van der Waals surface area contributed by atoms with Crippen molar-refractivity contribution in [3.05, 3.63) is 35.6 Å². The molecule has 0 aliphatic rings. The van der Waals surface area contributed by atoms with Gasteiger partial charge in [0.05, 0.1) is 0 Å². The molecule has 0 fully saturated rings. The Morgan fingerprint density at radius 3 is 2.80 bits per heavy atom. The van der Waals surface area contributed by atoms with Crippen molar-refractivity contribution >= 4 is 17.7 Å². The Morgan fingerprint density at radius 1 is 1.53 bits per heavy atom. The number of carboxylic acid groups (broad SMARTS) is 1. The van der Waals surface area contributed by atoms with E-state index in [1.165, 1.54) is 17.8 Å². The zero-order valence-electron chi connectivity index (χ0n) is 8.02. The summed E-state index contributed by atoms with van der Waals surface area (Å²) in [7, 11) is 0. The van der Waals surface area contributed by atoms with E-state index in [4.69, 9.17) is 10.8 Å². The molecule has 0 aliphatic carbocycles. The molecule has 3 N–H and O–H groups in total. The van der Waals surface area contributed by atoms with Gasteiger partial charge in [-0.1, -0.05) is 18.2 Å². The predicted molar refractivity (Wildman–Crippen MR) is 58.2 cm³/mol. The Morgan fingerprint density at radius 2 is 2.20 bits per heavy atom. The van der Waals surface area contributed by atoms with Gasteiger partial charge in [0.1, 0.15) is 11.9 Å². The molecule has 3 nitrogen and oxygen atoms in total. The molecule has 0 heterocycles. The molecule has 1 aromatic carbocycles. The van der Waals surface area contributed by atoms with Crippen LogP contribution in [0.25, 0.3) is 0 Å². The third-order valence-corrected chi connectivity index (χ3v) is 2.94. The fourth-order valence-corrected chi connectivity index (χ4v) is 1.95. The van der Waals surface area contributed by atoms with Crippen LogP contribution in [0.3, 0.4) is 0 Å². The van der Waals surface area contributed by atoms with Crippen molar-refractivity contribution in [1.29, 1.82) is 0 Å². The minimum atomic E-state index is -1.03. The van der Waals surface area contributed by atoms with Gasteiger partial charge in [-0.25, -0.2) is 4.39 Å². The second-order valence-electron chi connectivity index (χ2n) is 3.05. The van der Waals surface area contributed by atoms with Gasteiger partial charge in [0.25, 0.3) is 0 Å². The minimum absolute atomic E-state index is 0.270. The van der Waals surface area contributed by atoms with E-state index < -0.39 is 12.0 Å². The molecule has 1 aromatic rings. The van der Waals surface area contributed by atoms with Gasteiger partial charge >= 0.3 is 5.97 Å². The smallest absolute Gasteiger partial charge is 0.321 e. The first-order valence-corrected chi connectivity index (χ1v) is 5.56. The fourth-order valence-electron chi connectivity index (χ4n) is 0.983. The monoisotopic (exact) mass is 229 g/mol. The molecule has 0 aromatic heterocycles. The van der Waals surface area contributed by atoms with Crippen molar-refractivity contribution in [3.63, 3.8) is 0 Å². The molecule has 0 aliphatic heterocycles. The van der Waals surface area contributed by atoms with Crippen molar-refractivity contribution in [3.8, 4) is 0 Å². The maximum atomic E-state index is 13.1. The molecular weight excluding hydrogens is 217 g/mol. The van der Waals surface area contributed by atoms with Gasteiger partial charge in [-0.05, 0) is 11.6 Å². The molecule has 0 spiro atoms. The van der Waals surface area contributed by atoms with E-state index in [0.29, 0.717) is 11.3 Å². The molecule has 5 heteroatoms. The highest BCUT2D eigenvalue weighted by Crippen LogP contribution is 2.15. The van der Waals surface area contributed by atoms with Crippen LogP contribution in [0.1, 0.15) is 5.56 Å². The summed E-state index contributed by atoms with van der Waals surface area (Å²) in [5, 5.41) is 8.52. The zero-order valence-corrected chi connectivity index (χ0v) is 8.84. The highest BCUT2D eigenvalue weighted by Gasteiger charge is 2.11. The van der Waals surface area contributed by atoms with E-state index in [2.05, 4.69) is 0 Å². The maximum absolute atomic E-state index is 13.1. The number of rotatable bonds is 5. The summed E-state index contributed by atoms with van der Waals surface area (Å²) in [6.07, 6.45) is 0. The van der Waals surface area contributed by atoms with Gasteiger partial charge in [0.2, 0.25) is 0 Å². The fraction of sp³-hybridized carbons (Fsp3) is 0.300. The van der Waals surface area contributed by atoms with Crippen LogP contribution in [0.5, 0.6) is 0 Å². The number of carbonyl (C=O) groups is 1. The van der Waals surface area contributed by atoms with Crippen molar-refractivity contribution in [2.24, 2.45) is 5.73 Å². The maximum Gasteiger partial charge on any atom is 0.321 e. The molecular formula is C10H12FNO2S. The second-order valence-corrected chi connectivity index (χ2v) is 4.08. The molecule has 0 amide bonds. The largest absolute Gasteiger partial charge is 0.480 e. The van der Waals surface area contributed by atoms with E-state index in [1.807, 2.05) is 0 Å². The highest BCUT2D eigenvalue weighted by atomic mass is 32.2. The number of aliphatic carboxylic acids is 1. The number of nitrogens with two attached hydrogens (primary N) is 1. The highest BCUT2D eigenvalue weighted by molar-refractivity contribution is 7.98. The Balaban J connectivity index is 2.38. The minimum Gasteiger partial charge on any atom is -0.480 e. The molecule has 1 rings (SSSR count). The molecule has 0 unspecified atom stereocenters. The first-order chi connectivity index (χ1) is 7.11. The van der Waals surface area contributed by atoms with Crippen LogP contribution >= 0.6 is 11.8 Å². The van der Waals surface area contributed by atoms with Gasteiger partial charge in [0.15, 0.2) is 0 Å². The average Bonchev–Trinajstić information content (AvgIpc) is 2.20. The number of hydrogen-bond donors (Lipinski definition) is 2. The average molecular weight is 229 g/mol. The zero-order chi connectivity index (χ0) is 11.3. The lowest BCUT2D eigenvalue weighted by Crippen LogP contribution is -2.32. The van der Waals surface area contributed by atoms with E-state index in [0.717, 1.165) is 0 Å². The summed E-state index contributed by atoms with van der Waals surface area (Å²) in [5.41, 5.74) is 5.87. The summed E-state index contributed by atoms with van der Waals surface area (Å²) >= 11 is 1.31. The first kappa shape index (κ1) is 12.0. The Labute approximate surface area is 91.5 Å². The van der Waals surface area contributed by atoms with E-state index in [-0.39, 0.29) is 11.6 Å². The van der Waals surface area contributed by atoms with E-state index >= 15 is 0 Å². The quantitative estimate of drug-likeness (QED) is 0.802. The van der Waals surface area contributed by atoms with Gasteiger partial charge < -0.3 is 10.8 Å². The number of benzene rings is 1. The SMILES string of the molecule is N[C@H](CSCc1ccccc1F)C(=O)O. The van der Waals surface area contributed by atoms with Crippen molar-refractivity contribution in [2.45, 2.75) is 11.8 Å². The first-order valence-electron chi connectivity index (χ1n) is 4.41. The van der Waals surface area contributed by atoms with Crippen LogP contribution < -0.4 is 5.73 Å². The normalized spacial score (nSPS) is 12.4. The number of thioether (sulfide) groups is 1. The lowest BCUT2D eigenvalue weighted by molar-refractivity contribution is -0.137. The Bertz CT molecular complexity index is 346. The van der Waals surface area contributed by atoms with E-state index in [9.17, 15) is 9.18 Å². The van der Waals surface area contributed by atoms with Crippen LogP contribution in [0.15, 0.2) is 24.3 Å². The van der Waals surface area contributed by atoms with E-state index in [1.54, 1.807) is 18.2 Å². The second kappa shape index (κ2) is 5.72. The van der Waals surface area contributed by atoms with Gasteiger partial charge in [-0.3, -0.25) is 4.79 Å². The summed E-state index contributed by atoms with van der Waals surface area (Å²) in [4.78, 5) is 10.4. The van der Waals surface area contributed by atoms with Crippen molar-refractivity contribution in [1.82, 2.24) is 0 Å². The number of carboxylic acids is 1. The standard InChI is InChI=1S/C10H12FNO2S/c11-8-4-2-1-3-7(8)5-15-6-9(12)10(13)14/h1-4,9H,5-6,12H2,(H,13,14)/t9-/m1/s1. The molecule has 0 bridgehead atoms. The van der Waals surface area contributed by atoms with Crippen molar-refractivity contribution < 1.29 is 14.3 Å². The Kier molecular flexibility index (Phi) is 4.58. The van der Waals surface area contributed by atoms with Crippen LogP contribution in [0, 0.1) is 5.82 Å². The molecule has 0 saturated carbocycles. The lowest BCUT2D eigenvalue weighted by Gasteiger charge is -2.06. The van der Waals surface area contributed by atoms with Crippen LogP contribution in [-0.4, -0.2) is 22.9 Å². The van der Waals surface area contributed by atoms with Gasteiger partial charge in [-0.15, -0.1) is 0 Å². The molecule has 15 heavy (non-hydrogen) atoms. The van der Waals surface area contributed by atoms with Gasteiger partial charge in [-0.2, -0.15) is 11.8 Å². The predicted octanol–water partition coefficient (Wildman–Crippen LogP) is 1.47. The lowest BCUT2D eigenvalue weighted by atomic mass is 10.2. The summed E-state index contributed by atoms with van der Waals surface area (Å²) in [5.74, 6) is -0.581. The molecule has 1 atom stereocenters. The molecule has 82 valence electrons. The number of halogens is 1. The topological polar surface area (TPSA) is 63.3 Å². The molecule has 0 saturated heterocycles. The summed E-state index contributed by atoms with van der Waals surface area (Å²) < 4.78 is 13.1. The molecule has 0 radical (unpaired) electrons. The summed E-state index contributed by atoms with van der Waals surface area (Å²) in [6, 6.07) is 5.53.